The van der Waals surface area contributed by atoms with Gasteiger partial charge < -0.3 is 20.2 Å². The molecule has 2 rings (SSSR count). The van der Waals surface area contributed by atoms with Gasteiger partial charge in [-0.05, 0) is 19.1 Å². The molecule has 0 aliphatic rings. The molecule has 1 atom stereocenters. The molecule has 0 radical (unpaired) electrons. The van der Waals surface area contributed by atoms with Crippen LogP contribution in [0, 0.1) is 0 Å². The van der Waals surface area contributed by atoms with Crippen molar-refractivity contribution in [3.05, 3.63) is 28.6 Å². The lowest BCUT2D eigenvalue weighted by molar-refractivity contribution is 0.414. The fraction of sp³-hybridized carbons (Fsp3) is 0.273. The second kappa shape index (κ2) is 5.36. The number of nitrogens with zero attached hydrogens (tertiary/aromatic N) is 2. The number of nitrogens with two attached hydrogens (primary N) is 1. The van der Waals surface area contributed by atoms with Crippen molar-refractivity contribution in [1.29, 1.82) is 0 Å². The first-order chi connectivity index (χ1) is 8.58. The highest BCUT2D eigenvalue weighted by atomic mass is 79.9. The van der Waals surface area contributed by atoms with E-state index in [1.165, 1.54) is 0 Å². The van der Waals surface area contributed by atoms with Gasteiger partial charge in [0.2, 0.25) is 5.89 Å². The minimum atomic E-state index is -0.287. The normalized spacial score (nSPS) is 12.2. The first-order valence-electron chi connectivity index (χ1n) is 5.29. The lowest BCUT2D eigenvalue weighted by Gasteiger charge is -2.05. The molecule has 1 aromatic heterocycles. The van der Waals surface area contributed by atoms with Gasteiger partial charge in [-0.1, -0.05) is 21.0 Å². The third kappa shape index (κ3) is 2.99. The first-order valence-corrected chi connectivity index (χ1v) is 6.08. The highest BCUT2D eigenvalue weighted by Gasteiger charge is 2.10. The highest BCUT2D eigenvalue weighted by molar-refractivity contribution is 9.10. The van der Waals surface area contributed by atoms with Gasteiger partial charge in [-0.15, -0.1) is 5.10 Å². The van der Waals surface area contributed by atoms with Crippen LogP contribution in [0.1, 0.15) is 18.9 Å². The molecule has 1 aromatic carbocycles. The molecule has 6 nitrogen and oxygen atoms in total. The standard InChI is InChI=1S/C11H13BrN4O2/c1-6(13)10-15-16-11(18-10)14-8-3-7(12)4-9(5-8)17-2/h3-6H,13H2,1-2H3,(H,14,16). The summed E-state index contributed by atoms with van der Waals surface area (Å²) in [6.45, 7) is 1.78. The number of methoxy groups -OCH3 is 1. The molecular weight excluding hydrogens is 300 g/mol. The molecule has 0 bridgehead atoms. The molecular formula is C11H13BrN4O2. The maximum atomic E-state index is 5.64. The average Bonchev–Trinajstić information content (AvgIpc) is 2.76. The Labute approximate surface area is 113 Å². The summed E-state index contributed by atoms with van der Waals surface area (Å²) in [6.07, 6.45) is 0. The number of benzene rings is 1. The van der Waals surface area contributed by atoms with Crippen molar-refractivity contribution >= 4 is 27.6 Å². The van der Waals surface area contributed by atoms with Gasteiger partial charge in [-0.2, -0.15) is 0 Å². The van der Waals surface area contributed by atoms with E-state index >= 15 is 0 Å². The number of ether oxygens (including phenoxy) is 1. The predicted molar refractivity (Wildman–Crippen MR) is 70.9 cm³/mol. The minimum absolute atomic E-state index is 0.287. The van der Waals surface area contributed by atoms with Crippen molar-refractivity contribution < 1.29 is 9.15 Å². The SMILES string of the molecule is COc1cc(Br)cc(Nc2nnc(C(C)N)o2)c1. The largest absolute Gasteiger partial charge is 0.497 e. The van der Waals surface area contributed by atoms with Crippen LogP contribution in [0.15, 0.2) is 27.1 Å². The lowest BCUT2D eigenvalue weighted by Crippen LogP contribution is -2.04. The second-order valence-corrected chi connectivity index (χ2v) is 4.65. The van der Waals surface area contributed by atoms with Gasteiger partial charge in [0.15, 0.2) is 0 Å². The molecule has 0 aliphatic heterocycles. The van der Waals surface area contributed by atoms with Gasteiger partial charge in [-0.3, -0.25) is 0 Å². The maximum absolute atomic E-state index is 5.64. The fourth-order valence-electron chi connectivity index (χ4n) is 1.35. The monoisotopic (exact) mass is 312 g/mol. The van der Waals surface area contributed by atoms with Crippen molar-refractivity contribution in [3.8, 4) is 5.75 Å². The van der Waals surface area contributed by atoms with E-state index < -0.39 is 0 Å². The van der Waals surface area contributed by atoms with Gasteiger partial charge >= 0.3 is 6.01 Å². The number of nitrogens with one attached hydrogen (secondary N) is 1. The van der Waals surface area contributed by atoms with Crippen LogP contribution < -0.4 is 15.8 Å². The van der Waals surface area contributed by atoms with Crippen molar-refractivity contribution in [3.63, 3.8) is 0 Å². The van der Waals surface area contributed by atoms with Crippen molar-refractivity contribution in [1.82, 2.24) is 10.2 Å². The molecule has 1 unspecified atom stereocenters. The van der Waals surface area contributed by atoms with Gasteiger partial charge in [0.1, 0.15) is 5.75 Å². The van der Waals surface area contributed by atoms with Crippen LogP contribution in [0.4, 0.5) is 11.7 Å². The summed E-state index contributed by atoms with van der Waals surface area (Å²) >= 11 is 3.39. The number of hydrogen-bond donors (Lipinski definition) is 2. The van der Waals surface area contributed by atoms with Crippen LogP contribution in [-0.2, 0) is 0 Å². The molecule has 3 N–H and O–H groups in total. The zero-order valence-corrected chi connectivity index (χ0v) is 11.6. The summed E-state index contributed by atoms with van der Waals surface area (Å²) < 4.78 is 11.4. The average molecular weight is 313 g/mol. The molecule has 1 heterocycles. The van der Waals surface area contributed by atoms with Gasteiger partial charge in [0.25, 0.3) is 0 Å². The Balaban J connectivity index is 2.19. The van der Waals surface area contributed by atoms with Crippen LogP contribution in [0.3, 0.4) is 0 Å². The summed E-state index contributed by atoms with van der Waals surface area (Å²) in [4.78, 5) is 0. The van der Waals surface area contributed by atoms with E-state index in [1.807, 2.05) is 18.2 Å². The summed E-state index contributed by atoms with van der Waals surface area (Å²) in [5, 5.41) is 10.7. The predicted octanol–water partition coefficient (Wildman–Crippen LogP) is 2.60. The van der Waals surface area contributed by atoms with Crippen LogP contribution in [0.5, 0.6) is 5.75 Å². The van der Waals surface area contributed by atoms with Crippen molar-refractivity contribution in [2.75, 3.05) is 12.4 Å². The molecule has 0 amide bonds. The smallest absolute Gasteiger partial charge is 0.320 e. The van der Waals surface area contributed by atoms with E-state index in [0.717, 1.165) is 15.9 Å². The molecule has 0 fully saturated rings. The van der Waals surface area contributed by atoms with Crippen molar-refractivity contribution in [2.45, 2.75) is 13.0 Å². The number of anilines is 2. The number of halogens is 1. The van der Waals surface area contributed by atoms with E-state index in [-0.39, 0.29) is 6.04 Å². The quantitative estimate of drug-likeness (QED) is 0.902. The third-order valence-corrected chi connectivity index (χ3v) is 2.65. The topological polar surface area (TPSA) is 86.2 Å². The molecule has 18 heavy (non-hydrogen) atoms. The van der Waals surface area contributed by atoms with E-state index in [0.29, 0.717) is 11.9 Å². The fourth-order valence-corrected chi connectivity index (χ4v) is 1.82. The Morgan fingerprint density at radius 2 is 2.17 bits per heavy atom. The molecule has 0 aliphatic carbocycles. The molecule has 96 valence electrons. The Morgan fingerprint density at radius 1 is 1.39 bits per heavy atom. The van der Waals surface area contributed by atoms with E-state index in [9.17, 15) is 0 Å². The number of aromatic nitrogens is 2. The van der Waals surface area contributed by atoms with Gasteiger partial charge in [-0.25, -0.2) is 0 Å². The first kappa shape index (κ1) is 12.8. The summed E-state index contributed by atoms with van der Waals surface area (Å²) in [5.74, 6) is 1.11. The molecule has 0 saturated heterocycles. The summed E-state index contributed by atoms with van der Waals surface area (Å²) in [5.41, 5.74) is 6.42. The highest BCUT2D eigenvalue weighted by Crippen LogP contribution is 2.26. The molecule has 2 aromatic rings. The van der Waals surface area contributed by atoms with Crippen LogP contribution in [0.25, 0.3) is 0 Å². The van der Waals surface area contributed by atoms with Crippen LogP contribution in [-0.4, -0.2) is 17.3 Å². The summed E-state index contributed by atoms with van der Waals surface area (Å²) in [7, 11) is 1.60. The minimum Gasteiger partial charge on any atom is -0.497 e. The maximum Gasteiger partial charge on any atom is 0.320 e. The third-order valence-electron chi connectivity index (χ3n) is 2.19. The zero-order valence-electron chi connectivity index (χ0n) is 9.98. The molecule has 0 saturated carbocycles. The zero-order chi connectivity index (χ0) is 13.1. The molecule has 0 spiro atoms. The second-order valence-electron chi connectivity index (χ2n) is 3.74. The Hall–Kier alpha value is -1.60. The lowest BCUT2D eigenvalue weighted by atomic mass is 10.3. The number of hydrogen-bond acceptors (Lipinski definition) is 6. The van der Waals surface area contributed by atoms with E-state index in [1.54, 1.807) is 14.0 Å². The van der Waals surface area contributed by atoms with Gasteiger partial charge in [0.05, 0.1) is 13.2 Å². The Kier molecular flexibility index (Phi) is 3.83. The van der Waals surface area contributed by atoms with Crippen LogP contribution >= 0.6 is 15.9 Å². The van der Waals surface area contributed by atoms with E-state index in [4.69, 9.17) is 14.9 Å². The Morgan fingerprint density at radius 3 is 2.78 bits per heavy atom. The Bertz CT molecular complexity index is 542. The van der Waals surface area contributed by atoms with Gasteiger partial charge in [0, 0.05) is 16.2 Å². The summed E-state index contributed by atoms with van der Waals surface area (Å²) in [6, 6.07) is 5.55. The van der Waals surface area contributed by atoms with Crippen LogP contribution in [0.2, 0.25) is 0 Å². The van der Waals surface area contributed by atoms with E-state index in [2.05, 4.69) is 31.4 Å². The van der Waals surface area contributed by atoms with Crippen molar-refractivity contribution in [2.24, 2.45) is 5.73 Å². The number of rotatable bonds is 4. The molecule has 7 heteroatoms.